The van der Waals surface area contributed by atoms with Crippen LogP contribution in [0, 0.1) is 10.1 Å². The first-order chi connectivity index (χ1) is 12.6. The maximum atomic E-state index is 11.5. The normalized spacial score (nSPS) is 10.7. The van der Waals surface area contributed by atoms with Gasteiger partial charge in [-0.05, 0) is 42.3 Å². The number of hydrogen-bond donors (Lipinski definition) is 2. The van der Waals surface area contributed by atoms with Crippen LogP contribution in [0.2, 0.25) is 0 Å². The molecule has 0 radical (unpaired) electrons. The molecule has 0 amide bonds. The molecule has 1 aromatic heterocycles. The molecule has 2 aromatic carbocycles. The minimum absolute atomic E-state index is 0.111. The third kappa shape index (κ3) is 4.29. The molecule has 134 valence electrons. The molecule has 0 aliphatic carbocycles. The summed E-state index contributed by atoms with van der Waals surface area (Å²) in [6, 6.07) is 19.0. The Morgan fingerprint density at radius 2 is 1.92 bits per heavy atom. The van der Waals surface area contributed by atoms with Gasteiger partial charge in [0.05, 0.1) is 4.92 Å². The van der Waals surface area contributed by atoms with E-state index in [2.05, 4.69) is 10.3 Å². The molecule has 0 fully saturated rings. The van der Waals surface area contributed by atoms with Gasteiger partial charge in [0.2, 0.25) is 0 Å². The first kappa shape index (κ1) is 17.7. The second kappa shape index (κ2) is 8.31. The summed E-state index contributed by atoms with van der Waals surface area (Å²) in [5.41, 5.74) is 3.67. The van der Waals surface area contributed by atoms with Crippen molar-refractivity contribution < 1.29 is 4.92 Å². The molecule has 0 saturated carbocycles. The number of rotatable bonds is 8. The molecule has 2 N–H and O–H groups in total. The van der Waals surface area contributed by atoms with Crippen molar-refractivity contribution in [1.29, 1.82) is 0 Å². The predicted molar refractivity (Wildman–Crippen MR) is 104 cm³/mol. The maximum Gasteiger partial charge on any atom is 0.293 e. The monoisotopic (exact) mass is 350 g/mol. The largest absolute Gasteiger partial charge is 0.365 e. The molecule has 6 nitrogen and oxygen atoms in total. The molecule has 0 unspecified atom stereocenters. The SMILES string of the molecule is CN(c1ccccc1)c1ccc(CNCCc2ccc[nH]2)cc1[N+](=O)[O-]. The van der Waals surface area contributed by atoms with Gasteiger partial charge in [0.25, 0.3) is 5.69 Å². The summed E-state index contributed by atoms with van der Waals surface area (Å²) in [5, 5.41) is 14.9. The number of nitro benzene ring substituents is 1. The average Bonchev–Trinajstić information content (AvgIpc) is 3.19. The Kier molecular flexibility index (Phi) is 5.66. The van der Waals surface area contributed by atoms with E-state index in [4.69, 9.17) is 0 Å². The Bertz CT molecular complexity index is 848. The van der Waals surface area contributed by atoms with Crippen LogP contribution in [0.5, 0.6) is 0 Å². The second-order valence-electron chi connectivity index (χ2n) is 6.10. The Hall–Kier alpha value is -3.12. The molecular formula is C20H22N4O2. The summed E-state index contributed by atoms with van der Waals surface area (Å²) in [5.74, 6) is 0. The Morgan fingerprint density at radius 3 is 2.62 bits per heavy atom. The Labute approximate surface area is 152 Å². The highest BCUT2D eigenvalue weighted by Gasteiger charge is 2.18. The van der Waals surface area contributed by atoms with E-state index in [1.807, 2.05) is 72.7 Å². The quantitative estimate of drug-likeness (QED) is 0.365. The van der Waals surface area contributed by atoms with E-state index in [1.54, 1.807) is 6.07 Å². The highest BCUT2D eigenvalue weighted by Crippen LogP contribution is 2.33. The van der Waals surface area contributed by atoms with Crippen LogP contribution >= 0.6 is 0 Å². The molecule has 3 aromatic rings. The summed E-state index contributed by atoms with van der Waals surface area (Å²) in [6.45, 7) is 1.40. The van der Waals surface area contributed by atoms with Crippen LogP contribution in [0.1, 0.15) is 11.3 Å². The van der Waals surface area contributed by atoms with E-state index >= 15 is 0 Å². The van der Waals surface area contributed by atoms with Crippen LogP contribution in [0.3, 0.4) is 0 Å². The van der Waals surface area contributed by atoms with Crippen LogP contribution in [0.25, 0.3) is 0 Å². The number of hydrogen-bond acceptors (Lipinski definition) is 4. The zero-order chi connectivity index (χ0) is 18.4. The van der Waals surface area contributed by atoms with Gasteiger partial charge in [-0.3, -0.25) is 10.1 Å². The number of para-hydroxylation sites is 1. The van der Waals surface area contributed by atoms with Crippen LogP contribution in [0.15, 0.2) is 66.9 Å². The van der Waals surface area contributed by atoms with Gasteiger partial charge in [0, 0.05) is 43.8 Å². The van der Waals surface area contributed by atoms with Gasteiger partial charge in [-0.2, -0.15) is 0 Å². The van der Waals surface area contributed by atoms with E-state index in [-0.39, 0.29) is 10.6 Å². The summed E-state index contributed by atoms with van der Waals surface area (Å²) in [6.07, 6.45) is 2.80. The van der Waals surface area contributed by atoms with Crippen molar-refractivity contribution in [2.45, 2.75) is 13.0 Å². The minimum atomic E-state index is -0.322. The Morgan fingerprint density at radius 1 is 1.12 bits per heavy atom. The second-order valence-corrected chi connectivity index (χ2v) is 6.10. The van der Waals surface area contributed by atoms with Gasteiger partial charge in [-0.25, -0.2) is 0 Å². The summed E-state index contributed by atoms with van der Waals surface area (Å²) in [4.78, 5) is 16.2. The van der Waals surface area contributed by atoms with Crippen molar-refractivity contribution in [3.8, 4) is 0 Å². The lowest BCUT2D eigenvalue weighted by atomic mass is 10.1. The Balaban J connectivity index is 1.69. The molecule has 0 aliphatic heterocycles. The molecule has 0 spiro atoms. The number of aromatic amines is 1. The predicted octanol–water partition coefficient (Wildman–Crippen LogP) is 4.02. The summed E-state index contributed by atoms with van der Waals surface area (Å²) in [7, 11) is 1.84. The van der Waals surface area contributed by atoms with E-state index in [0.717, 1.165) is 24.2 Å². The van der Waals surface area contributed by atoms with Crippen LogP contribution in [-0.4, -0.2) is 23.5 Å². The third-order valence-corrected chi connectivity index (χ3v) is 4.30. The number of H-pyrrole nitrogens is 1. The zero-order valence-electron chi connectivity index (χ0n) is 14.7. The fourth-order valence-corrected chi connectivity index (χ4v) is 2.88. The van der Waals surface area contributed by atoms with E-state index in [9.17, 15) is 10.1 Å². The van der Waals surface area contributed by atoms with Crippen molar-refractivity contribution in [3.63, 3.8) is 0 Å². The first-order valence-electron chi connectivity index (χ1n) is 8.54. The number of nitrogens with zero attached hydrogens (tertiary/aromatic N) is 2. The lowest BCUT2D eigenvalue weighted by Gasteiger charge is -2.19. The molecular weight excluding hydrogens is 328 g/mol. The van der Waals surface area contributed by atoms with Crippen LogP contribution < -0.4 is 10.2 Å². The van der Waals surface area contributed by atoms with E-state index < -0.39 is 0 Å². The number of aromatic nitrogens is 1. The lowest BCUT2D eigenvalue weighted by Crippen LogP contribution is -2.17. The van der Waals surface area contributed by atoms with Crippen LogP contribution in [0.4, 0.5) is 17.1 Å². The van der Waals surface area contributed by atoms with Gasteiger partial charge in [0.1, 0.15) is 5.69 Å². The first-order valence-corrected chi connectivity index (χ1v) is 8.54. The smallest absolute Gasteiger partial charge is 0.293 e. The van der Waals surface area contributed by atoms with Crippen LogP contribution in [-0.2, 0) is 13.0 Å². The standard InChI is InChI=1S/C20H22N4O2/c1-23(18-7-3-2-4-8-18)19-10-9-16(14-20(19)24(25)26)15-21-13-11-17-6-5-12-22-17/h2-10,12,14,21-22H,11,13,15H2,1H3. The summed E-state index contributed by atoms with van der Waals surface area (Å²) >= 11 is 0. The summed E-state index contributed by atoms with van der Waals surface area (Å²) < 4.78 is 0. The lowest BCUT2D eigenvalue weighted by molar-refractivity contribution is -0.384. The van der Waals surface area contributed by atoms with E-state index in [0.29, 0.717) is 12.2 Å². The molecule has 6 heteroatoms. The molecule has 0 saturated heterocycles. The maximum absolute atomic E-state index is 11.5. The highest BCUT2D eigenvalue weighted by molar-refractivity contribution is 5.72. The number of benzene rings is 2. The number of anilines is 2. The molecule has 0 bridgehead atoms. The fourth-order valence-electron chi connectivity index (χ4n) is 2.88. The number of nitrogens with one attached hydrogen (secondary N) is 2. The van der Waals surface area contributed by atoms with Gasteiger partial charge in [-0.15, -0.1) is 0 Å². The fraction of sp³-hybridized carbons (Fsp3) is 0.200. The zero-order valence-corrected chi connectivity index (χ0v) is 14.7. The minimum Gasteiger partial charge on any atom is -0.365 e. The molecule has 26 heavy (non-hydrogen) atoms. The van der Waals surface area contributed by atoms with Crippen molar-refractivity contribution in [2.75, 3.05) is 18.5 Å². The van der Waals surface area contributed by atoms with Gasteiger partial charge >= 0.3 is 0 Å². The topological polar surface area (TPSA) is 74.2 Å². The van der Waals surface area contributed by atoms with Gasteiger partial charge in [-0.1, -0.05) is 24.3 Å². The molecule has 0 aliphatic rings. The molecule has 3 rings (SSSR count). The van der Waals surface area contributed by atoms with Crippen molar-refractivity contribution in [2.24, 2.45) is 0 Å². The molecule has 1 heterocycles. The van der Waals surface area contributed by atoms with Crippen molar-refractivity contribution >= 4 is 17.1 Å². The van der Waals surface area contributed by atoms with Gasteiger partial charge < -0.3 is 15.2 Å². The molecule has 0 atom stereocenters. The van der Waals surface area contributed by atoms with Crippen molar-refractivity contribution in [3.05, 3.63) is 88.2 Å². The van der Waals surface area contributed by atoms with Gasteiger partial charge in [0.15, 0.2) is 0 Å². The highest BCUT2D eigenvalue weighted by atomic mass is 16.6. The number of nitro groups is 1. The average molecular weight is 350 g/mol. The van der Waals surface area contributed by atoms with E-state index in [1.165, 1.54) is 5.69 Å². The van der Waals surface area contributed by atoms with Crippen molar-refractivity contribution in [1.82, 2.24) is 10.3 Å². The third-order valence-electron chi connectivity index (χ3n) is 4.30.